The van der Waals surface area contributed by atoms with Gasteiger partial charge in [-0.3, -0.25) is 0 Å². The lowest BCUT2D eigenvalue weighted by atomic mass is 10.1. The predicted molar refractivity (Wildman–Crippen MR) is 76.3 cm³/mol. The molecule has 0 amide bonds. The van der Waals surface area contributed by atoms with Gasteiger partial charge in [0.1, 0.15) is 5.82 Å². The molecule has 1 N–H and O–H groups in total. The molecule has 0 radical (unpaired) electrons. The number of halogens is 1. The van der Waals surface area contributed by atoms with E-state index in [1.54, 1.807) is 19.2 Å². The Labute approximate surface area is 120 Å². The fourth-order valence-corrected chi connectivity index (χ4v) is 1.76. The minimum atomic E-state index is -0.304. The van der Waals surface area contributed by atoms with Crippen molar-refractivity contribution in [2.75, 3.05) is 46.6 Å². The van der Waals surface area contributed by atoms with Gasteiger partial charge in [-0.25, -0.2) is 4.39 Å². The van der Waals surface area contributed by atoms with E-state index in [-0.39, 0.29) is 11.9 Å². The molecule has 20 heavy (non-hydrogen) atoms. The molecule has 0 aliphatic carbocycles. The zero-order valence-corrected chi connectivity index (χ0v) is 12.2. The number of nitrogens with one attached hydrogen (secondary N) is 1. The summed E-state index contributed by atoms with van der Waals surface area (Å²) in [5, 5.41) is 3.18. The van der Waals surface area contributed by atoms with Crippen LogP contribution in [0, 0.1) is 5.82 Å². The first-order valence-electron chi connectivity index (χ1n) is 6.93. The maximum Gasteiger partial charge on any atom is 0.129 e. The van der Waals surface area contributed by atoms with Crippen molar-refractivity contribution < 1.29 is 18.6 Å². The summed E-state index contributed by atoms with van der Waals surface area (Å²) >= 11 is 0. The van der Waals surface area contributed by atoms with Crippen molar-refractivity contribution in [1.29, 1.82) is 0 Å². The van der Waals surface area contributed by atoms with E-state index in [9.17, 15) is 4.39 Å². The third-order valence-corrected chi connectivity index (χ3v) is 2.81. The normalized spacial score (nSPS) is 12.6. The van der Waals surface area contributed by atoms with E-state index < -0.39 is 0 Å². The van der Waals surface area contributed by atoms with Crippen LogP contribution >= 0.6 is 0 Å². The quantitative estimate of drug-likeness (QED) is 0.632. The summed E-state index contributed by atoms with van der Waals surface area (Å²) in [4.78, 5) is 0. The fraction of sp³-hybridized carbons (Fsp3) is 0.600. The Balaban J connectivity index is 2.42. The van der Waals surface area contributed by atoms with E-state index in [1.165, 1.54) is 6.07 Å². The van der Waals surface area contributed by atoms with Crippen molar-refractivity contribution in [2.24, 2.45) is 0 Å². The van der Waals surface area contributed by atoms with E-state index in [2.05, 4.69) is 5.32 Å². The van der Waals surface area contributed by atoms with Crippen molar-refractivity contribution >= 4 is 0 Å². The topological polar surface area (TPSA) is 39.7 Å². The number of likely N-dealkylation sites (N-methyl/N-ethyl adjacent to an activating group) is 1. The Bertz CT molecular complexity index is 363. The molecule has 0 spiro atoms. The van der Waals surface area contributed by atoms with Crippen molar-refractivity contribution in [3.05, 3.63) is 35.6 Å². The lowest BCUT2D eigenvalue weighted by molar-refractivity contribution is -0.00777. The molecule has 4 nitrogen and oxygen atoms in total. The minimum absolute atomic E-state index is 0.240. The largest absolute Gasteiger partial charge is 0.382 e. The Morgan fingerprint density at radius 2 is 1.90 bits per heavy atom. The van der Waals surface area contributed by atoms with Crippen LogP contribution in [0.25, 0.3) is 0 Å². The van der Waals surface area contributed by atoms with Crippen LogP contribution in [-0.4, -0.2) is 46.6 Å². The lowest BCUT2D eigenvalue weighted by Gasteiger charge is -2.19. The van der Waals surface area contributed by atoms with Gasteiger partial charge in [0, 0.05) is 19.2 Å². The van der Waals surface area contributed by atoms with Gasteiger partial charge in [-0.1, -0.05) is 25.1 Å². The van der Waals surface area contributed by atoms with Crippen LogP contribution in [0.5, 0.6) is 0 Å². The molecule has 1 unspecified atom stereocenters. The molecule has 0 saturated carbocycles. The first-order chi connectivity index (χ1) is 9.79. The highest BCUT2D eigenvalue weighted by Crippen LogP contribution is 2.19. The maximum atomic E-state index is 13.8. The molecule has 0 aliphatic rings. The first kappa shape index (κ1) is 17.0. The molecule has 1 aromatic carbocycles. The van der Waals surface area contributed by atoms with Gasteiger partial charge in [-0.05, 0) is 12.6 Å². The van der Waals surface area contributed by atoms with Crippen molar-refractivity contribution in [2.45, 2.75) is 13.0 Å². The van der Waals surface area contributed by atoms with E-state index >= 15 is 0 Å². The van der Waals surface area contributed by atoms with Gasteiger partial charge in [0.15, 0.2) is 0 Å². The molecule has 0 bridgehead atoms. The van der Waals surface area contributed by atoms with Crippen LogP contribution in [0.3, 0.4) is 0 Å². The second kappa shape index (κ2) is 10.7. The second-order valence-electron chi connectivity index (χ2n) is 4.29. The zero-order valence-electron chi connectivity index (χ0n) is 12.2. The van der Waals surface area contributed by atoms with Gasteiger partial charge in [0.05, 0.1) is 32.5 Å². The summed E-state index contributed by atoms with van der Waals surface area (Å²) in [5.41, 5.74) is 0.574. The van der Waals surface area contributed by atoms with Crippen LogP contribution in [0.4, 0.5) is 4.39 Å². The SMILES string of the molecule is CCNCC(OCCOCCOC)c1ccccc1F. The van der Waals surface area contributed by atoms with Gasteiger partial charge < -0.3 is 19.5 Å². The van der Waals surface area contributed by atoms with E-state index in [0.29, 0.717) is 38.5 Å². The van der Waals surface area contributed by atoms with Crippen LogP contribution < -0.4 is 5.32 Å². The highest BCUT2D eigenvalue weighted by atomic mass is 19.1. The number of rotatable bonds is 11. The highest BCUT2D eigenvalue weighted by Gasteiger charge is 2.15. The number of hydrogen-bond acceptors (Lipinski definition) is 4. The average molecular weight is 285 g/mol. The number of benzene rings is 1. The van der Waals surface area contributed by atoms with Crippen molar-refractivity contribution in [3.8, 4) is 0 Å². The molecular formula is C15H24FNO3. The smallest absolute Gasteiger partial charge is 0.129 e. The highest BCUT2D eigenvalue weighted by molar-refractivity contribution is 5.20. The van der Waals surface area contributed by atoms with Gasteiger partial charge in [-0.2, -0.15) is 0 Å². The fourth-order valence-electron chi connectivity index (χ4n) is 1.76. The molecule has 0 aliphatic heterocycles. The van der Waals surface area contributed by atoms with Crippen molar-refractivity contribution in [1.82, 2.24) is 5.32 Å². The Morgan fingerprint density at radius 3 is 2.60 bits per heavy atom. The third kappa shape index (κ3) is 6.43. The third-order valence-electron chi connectivity index (χ3n) is 2.81. The molecule has 0 heterocycles. The summed E-state index contributed by atoms with van der Waals surface area (Å²) in [5.74, 6) is -0.240. The van der Waals surface area contributed by atoms with E-state index in [1.807, 2.05) is 13.0 Å². The number of hydrogen-bond donors (Lipinski definition) is 1. The molecule has 0 aromatic heterocycles. The predicted octanol–water partition coefficient (Wildman–Crippen LogP) is 2.16. The Hall–Kier alpha value is -1.01. The number of methoxy groups -OCH3 is 1. The summed E-state index contributed by atoms with van der Waals surface area (Å²) in [6.45, 7) is 5.40. The zero-order chi connectivity index (χ0) is 14.6. The summed E-state index contributed by atoms with van der Waals surface area (Å²) < 4.78 is 29.7. The van der Waals surface area contributed by atoms with Gasteiger partial charge >= 0.3 is 0 Å². The molecule has 0 fully saturated rings. The molecule has 5 heteroatoms. The molecule has 1 atom stereocenters. The Kier molecular flexibility index (Phi) is 9.15. The van der Waals surface area contributed by atoms with Gasteiger partial charge in [0.25, 0.3) is 0 Å². The second-order valence-corrected chi connectivity index (χ2v) is 4.29. The van der Waals surface area contributed by atoms with Gasteiger partial charge in [0.2, 0.25) is 0 Å². The summed E-state index contributed by atoms with van der Waals surface area (Å²) in [7, 11) is 1.63. The monoisotopic (exact) mass is 285 g/mol. The summed E-state index contributed by atoms with van der Waals surface area (Å²) in [6, 6.07) is 6.70. The minimum Gasteiger partial charge on any atom is -0.382 e. The standard InChI is InChI=1S/C15H24FNO3/c1-3-17-12-15(13-6-4-5-7-14(13)16)20-11-10-19-9-8-18-2/h4-7,15,17H,3,8-12H2,1-2H3. The van der Waals surface area contributed by atoms with E-state index in [4.69, 9.17) is 14.2 Å². The molecule has 1 rings (SSSR count). The molecule has 1 aromatic rings. The molecule has 0 saturated heterocycles. The van der Waals surface area contributed by atoms with Crippen LogP contribution in [0.15, 0.2) is 24.3 Å². The first-order valence-corrected chi connectivity index (χ1v) is 6.93. The van der Waals surface area contributed by atoms with Crippen molar-refractivity contribution in [3.63, 3.8) is 0 Å². The van der Waals surface area contributed by atoms with E-state index in [0.717, 1.165) is 6.54 Å². The number of ether oxygens (including phenoxy) is 3. The van der Waals surface area contributed by atoms with Crippen LogP contribution in [-0.2, 0) is 14.2 Å². The van der Waals surface area contributed by atoms with Crippen LogP contribution in [0.1, 0.15) is 18.6 Å². The van der Waals surface area contributed by atoms with Gasteiger partial charge in [-0.15, -0.1) is 0 Å². The van der Waals surface area contributed by atoms with Crippen LogP contribution in [0.2, 0.25) is 0 Å². The summed E-state index contributed by atoms with van der Waals surface area (Å²) in [6.07, 6.45) is -0.304. The Morgan fingerprint density at radius 1 is 1.15 bits per heavy atom. The average Bonchev–Trinajstić information content (AvgIpc) is 2.47. The molecular weight excluding hydrogens is 261 g/mol. The lowest BCUT2D eigenvalue weighted by Crippen LogP contribution is -2.25. The maximum absolute atomic E-state index is 13.8. The molecule has 114 valence electrons.